The minimum atomic E-state index is -0.588. The highest BCUT2D eigenvalue weighted by atomic mass is 32.1. The number of hydrogen-bond donors (Lipinski definition) is 1. The van der Waals surface area contributed by atoms with E-state index in [2.05, 4.69) is 5.32 Å². The third kappa shape index (κ3) is 4.56. The molecule has 0 aliphatic carbocycles. The van der Waals surface area contributed by atoms with Crippen molar-refractivity contribution >= 4 is 40.9 Å². The number of rotatable bonds is 6. The summed E-state index contributed by atoms with van der Waals surface area (Å²) in [6, 6.07) is 21.4. The van der Waals surface area contributed by atoms with Gasteiger partial charge in [0.05, 0.1) is 19.9 Å². The van der Waals surface area contributed by atoms with Crippen LogP contribution in [0.1, 0.15) is 5.56 Å². The highest BCUT2D eigenvalue weighted by molar-refractivity contribution is 7.80. The number of para-hydroxylation sites is 2. The van der Waals surface area contributed by atoms with Gasteiger partial charge < -0.3 is 14.2 Å². The molecule has 4 rings (SSSR count). The van der Waals surface area contributed by atoms with Gasteiger partial charge in [-0.1, -0.05) is 30.3 Å². The van der Waals surface area contributed by atoms with Crippen molar-refractivity contribution in [3.8, 4) is 23.0 Å². The lowest BCUT2D eigenvalue weighted by Crippen LogP contribution is -2.54. The van der Waals surface area contributed by atoms with Crippen LogP contribution in [0.25, 0.3) is 6.08 Å². The van der Waals surface area contributed by atoms with Gasteiger partial charge in [-0.2, -0.15) is 0 Å². The van der Waals surface area contributed by atoms with Crippen LogP contribution in [0.4, 0.5) is 5.69 Å². The molecule has 1 saturated heterocycles. The van der Waals surface area contributed by atoms with E-state index < -0.39 is 11.8 Å². The van der Waals surface area contributed by atoms with E-state index in [0.29, 0.717) is 34.2 Å². The van der Waals surface area contributed by atoms with E-state index in [1.54, 1.807) is 42.5 Å². The maximum Gasteiger partial charge on any atom is 0.270 e. The Hall–Kier alpha value is -4.17. The van der Waals surface area contributed by atoms with E-state index in [9.17, 15) is 9.59 Å². The van der Waals surface area contributed by atoms with Crippen molar-refractivity contribution in [2.75, 3.05) is 19.1 Å². The molecule has 0 aromatic heterocycles. The van der Waals surface area contributed by atoms with Crippen LogP contribution in [0.5, 0.6) is 23.0 Å². The van der Waals surface area contributed by atoms with Gasteiger partial charge in [-0.25, -0.2) is 0 Å². The van der Waals surface area contributed by atoms with Crippen LogP contribution >= 0.6 is 12.2 Å². The van der Waals surface area contributed by atoms with Gasteiger partial charge in [-0.3, -0.25) is 19.8 Å². The monoisotopic (exact) mass is 460 g/mol. The largest absolute Gasteiger partial charge is 0.493 e. The summed E-state index contributed by atoms with van der Waals surface area (Å²) < 4.78 is 16.5. The average molecular weight is 461 g/mol. The fourth-order valence-electron chi connectivity index (χ4n) is 3.36. The van der Waals surface area contributed by atoms with Crippen molar-refractivity contribution < 1.29 is 23.8 Å². The predicted molar refractivity (Wildman–Crippen MR) is 129 cm³/mol. The van der Waals surface area contributed by atoms with Crippen molar-refractivity contribution in [1.82, 2.24) is 5.32 Å². The van der Waals surface area contributed by atoms with Crippen molar-refractivity contribution in [2.45, 2.75) is 0 Å². The Labute approximate surface area is 196 Å². The summed E-state index contributed by atoms with van der Waals surface area (Å²) in [5.41, 5.74) is 0.934. The Morgan fingerprint density at radius 2 is 1.55 bits per heavy atom. The van der Waals surface area contributed by atoms with E-state index in [0.717, 1.165) is 0 Å². The van der Waals surface area contributed by atoms with Crippen molar-refractivity contribution in [3.05, 3.63) is 83.9 Å². The first kappa shape index (κ1) is 22.0. The van der Waals surface area contributed by atoms with Crippen LogP contribution in [0.2, 0.25) is 0 Å². The van der Waals surface area contributed by atoms with Gasteiger partial charge in [0.1, 0.15) is 17.1 Å². The fraction of sp³-hybridized carbons (Fsp3) is 0.0800. The van der Waals surface area contributed by atoms with E-state index >= 15 is 0 Å². The van der Waals surface area contributed by atoms with Gasteiger partial charge in [0, 0.05) is 5.56 Å². The first-order chi connectivity index (χ1) is 16.0. The summed E-state index contributed by atoms with van der Waals surface area (Å²) in [5.74, 6) is 1.05. The topological polar surface area (TPSA) is 77.1 Å². The number of carbonyl (C=O) groups excluding carboxylic acids is 2. The highest BCUT2D eigenvalue weighted by Crippen LogP contribution is 2.33. The molecular formula is C25H20N2O5S. The molecular weight excluding hydrogens is 440 g/mol. The molecule has 2 amide bonds. The third-order valence-electron chi connectivity index (χ3n) is 4.91. The lowest BCUT2D eigenvalue weighted by atomic mass is 10.1. The molecule has 8 heteroatoms. The normalized spacial score (nSPS) is 14.8. The first-order valence-electron chi connectivity index (χ1n) is 9.97. The maximum absolute atomic E-state index is 13.3. The molecule has 0 atom stereocenters. The number of nitrogens with one attached hydrogen (secondary N) is 1. The number of ether oxygens (including phenoxy) is 3. The average Bonchev–Trinajstić information content (AvgIpc) is 2.83. The summed E-state index contributed by atoms with van der Waals surface area (Å²) >= 11 is 5.28. The highest BCUT2D eigenvalue weighted by Gasteiger charge is 2.34. The minimum absolute atomic E-state index is 0.00325. The van der Waals surface area contributed by atoms with Gasteiger partial charge in [-0.15, -0.1) is 0 Å². The Kier molecular flexibility index (Phi) is 6.37. The number of anilines is 1. The van der Waals surface area contributed by atoms with Crippen LogP contribution in [-0.2, 0) is 9.59 Å². The van der Waals surface area contributed by atoms with Crippen LogP contribution in [0.15, 0.2) is 78.4 Å². The molecule has 0 radical (unpaired) electrons. The zero-order chi connectivity index (χ0) is 23.4. The summed E-state index contributed by atoms with van der Waals surface area (Å²) in [7, 11) is 3.00. The smallest absolute Gasteiger partial charge is 0.270 e. The maximum atomic E-state index is 13.3. The van der Waals surface area contributed by atoms with Crippen molar-refractivity contribution in [3.63, 3.8) is 0 Å². The third-order valence-corrected chi connectivity index (χ3v) is 5.19. The number of carbonyl (C=O) groups is 2. The molecule has 0 bridgehead atoms. The lowest BCUT2D eigenvalue weighted by Gasteiger charge is -2.29. The van der Waals surface area contributed by atoms with Gasteiger partial charge in [0.15, 0.2) is 16.6 Å². The van der Waals surface area contributed by atoms with Crippen LogP contribution in [-0.4, -0.2) is 31.1 Å². The van der Waals surface area contributed by atoms with E-state index in [1.807, 2.05) is 30.3 Å². The standard InChI is InChI=1S/C25H20N2O5S/c1-30-21-10-6-7-16(22(21)31-2)15-20-23(28)26-25(33)27(24(20)29)17-11-13-19(14-12-17)32-18-8-4-3-5-9-18/h3-15H,1-2H3,(H,26,28,33). The fourth-order valence-corrected chi connectivity index (χ4v) is 3.64. The minimum Gasteiger partial charge on any atom is -0.493 e. The molecule has 1 heterocycles. The summed E-state index contributed by atoms with van der Waals surface area (Å²) in [6.45, 7) is 0. The van der Waals surface area contributed by atoms with Crippen LogP contribution < -0.4 is 24.4 Å². The molecule has 1 aliphatic heterocycles. The summed E-state index contributed by atoms with van der Waals surface area (Å²) in [5, 5.41) is 2.57. The molecule has 0 unspecified atom stereocenters. The van der Waals surface area contributed by atoms with Crippen molar-refractivity contribution in [1.29, 1.82) is 0 Å². The van der Waals surface area contributed by atoms with E-state index in [-0.39, 0.29) is 10.7 Å². The SMILES string of the molecule is COc1cccc(C=C2C(=O)NC(=S)N(c3ccc(Oc4ccccc4)cc3)C2=O)c1OC. The molecule has 166 valence electrons. The summed E-state index contributed by atoms with van der Waals surface area (Å²) in [6.07, 6.45) is 1.46. The molecule has 1 aliphatic rings. The molecule has 33 heavy (non-hydrogen) atoms. The second-order valence-electron chi connectivity index (χ2n) is 6.95. The van der Waals surface area contributed by atoms with Gasteiger partial charge in [0.2, 0.25) is 0 Å². The second-order valence-corrected chi connectivity index (χ2v) is 7.34. The van der Waals surface area contributed by atoms with Gasteiger partial charge in [-0.05, 0) is 60.8 Å². The number of benzene rings is 3. The summed E-state index contributed by atoms with van der Waals surface area (Å²) in [4.78, 5) is 27.2. The Balaban J connectivity index is 1.64. The van der Waals surface area contributed by atoms with E-state index in [1.165, 1.54) is 25.2 Å². The Morgan fingerprint density at radius 1 is 0.848 bits per heavy atom. The zero-order valence-corrected chi connectivity index (χ0v) is 18.7. The van der Waals surface area contributed by atoms with E-state index in [4.69, 9.17) is 26.4 Å². The molecule has 0 spiro atoms. The molecule has 1 N–H and O–H groups in total. The number of amides is 2. The van der Waals surface area contributed by atoms with Gasteiger partial charge >= 0.3 is 0 Å². The second kappa shape index (κ2) is 9.54. The predicted octanol–water partition coefficient (Wildman–Crippen LogP) is 4.33. The molecule has 1 fully saturated rings. The Morgan fingerprint density at radius 3 is 2.21 bits per heavy atom. The molecule has 3 aromatic rings. The van der Waals surface area contributed by atoms with Gasteiger partial charge in [0.25, 0.3) is 11.8 Å². The van der Waals surface area contributed by atoms with Crippen molar-refractivity contribution in [2.24, 2.45) is 0 Å². The first-order valence-corrected chi connectivity index (χ1v) is 10.4. The van der Waals surface area contributed by atoms with Crippen LogP contribution in [0, 0.1) is 0 Å². The quantitative estimate of drug-likeness (QED) is 0.335. The number of methoxy groups -OCH3 is 2. The number of nitrogens with zero attached hydrogens (tertiary/aromatic N) is 1. The molecule has 3 aromatic carbocycles. The van der Waals surface area contributed by atoms with Crippen LogP contribution in [0.3, 0.4) is 0 Å². The number of hydrogen-bond acceptors (Lipinski definition) is 6. The Bertz CT molecular complexity index is 1240. The molecule has 0 saturated carbocycles. The zero-order valence-electron chi connectivity index (χ0n) is 17.9. The molecule has 7 nitrogen and oxygen atoms in total. The number of thiocarbonyl (C=S) groups is 1. The lowest BCUT2D eigenvalue weighted by molar-refractivity contribution is -0.122.